The quantitative estimate of drug-likeness (QED) is 0.768. The molecule has 15 heavy (non-hydrogen) atoms. The highest BCUT2D eigenvalue weighted by atomic mass is 79.9. The van der Waals surface area contributed by atoms with Gasteiger partial charge in [0.15, 0.2) is 0 Å². The molecule has 2 heterocycles. The van der Waals surface area contributed by atoms with Crippen LogP contribution in [0.5, 0.6) is 0 Å². The Morgan fingerprint density at radius 3 is 2.93 bits per heavy atom. The van der Waals surface area contributed by atoms with Crippen LogP contribution in [0, 0.1) is 6.92 Å². The summed E-state index contributed by atoms with van der Waals surface area (Å²) in [4.78, 5) is 17.7. The number of pyridine rings is 1. The van der Waals surface area contributed by atoms with E-state index in [1.807, 2.05) is 30.2 Å². The molecule has 0 aromatic carbocycles. The average molecular weight is 269 g/mol. The van der Waals surface area contributed by atoms with Crippen LogP contribution in [-0.4, -0.2) is 27.2 Å². The molecule has 1 atom stereocenters. The summed E-state index contributed by atoms with van der Waals surface area (Å²) < 4.78 is 0. The number of nitrogens with zero attached hydrogens (tertiary/aromatic N) is 2. The van der Waals surface area contributed by atoms with Crippen LogP contribution in [0.15, 0.2) is 18.3 Å². The number of hydrogen-bond acceptors (Lipinski definition) is 2. The number of aromatic nitrogens is 1. The summed E-state index contributed by atoms with van der Waals surface area (Å²) in [5, 5.41) is 0. The van der Waals surface area contributed by atoms with Gasteiger partial charge in [0, 0.05) is 25.0 Å². The Morgan fingerprint density at radius 1 is 1.60 bits per heavy atom. The first-order valence-electron chi connectivity index (χ1n) is 5.01. The van der Waals surface area contributed by atoms with Crippen molar-refractivity contribution in [2.75, 3.05) is 6.54 Å². The summed E-state index contributed by atoms with van der Waals surface area (Å²) in [7, 11) is 0. The second kappa shape index (κ2) is 4.31. The molecule has 0 bridgehead atoms. The fourth-order valence-electron chi connectivity index (χ4n) is 1.67. The molecular formula is C11H13BrN2O. The van der Waals surface area contributed by atoms with E-state index < -0.39 is 0 Å². The molecule has 0 aliphatic carbocycles. The van der Waals surface area contributed by atoms with Crippen molar-refractivity contribution in [3.05, 3.63) is 29.6 Å². The average Bonchev–Trinajstić information content (AvgIpc) is 2.53. The van der Waals surface area contributed by atoms with Crippen molar-refractivity contribution >= 4 is 21.8 Å². The van der Waals surface area contributed by atoms with Crippen molar-refractivity contribution in [2.24, 2.45) is 0 Å². The van der Waals surface area contributed by atoms with E-state index in [4.69, 9.17) is 0 Å². The maximum Gasteiger partial charge on any atom is 0.236 e. The molecule has 4 heteroatoms. The largest absolute Gasteiger partial charge is 0.337 e. The first-order chi connectivity index (χ1) is 7.16. The highest BCUT2D eigenvalue weighted by Gasteiger charge is 2.28. The van der Waals surface area contributed by atoms with E-state index in [-0.39, 0.29) is 10.7 Å². The van der Waals surface area contributed by atoms with Crippen LogP contribution in [0.4, 0.5) is 0 Å². The van der Waals surface area contributed by atoms with Gasteiger partial charge in [-0.15, -0.1) is 0 Å². The van der Waals surface area contributed by atoms with E-state index in [0.717, 1.165) is 24.2 Å². The monoisotopic (exact) mass is 268 g/mol. The highest BCUT2D eigenvalue weighted by molar-refractivity contribution is 9.10. The second-order valence-electron chi connectivity index (χ2n) is 3.82. The Morgan fingerprint density at radius 2 is 2.40 bits per heavy atom. The molecular weight excluding hydrogens is 256 g/mol. The molecule has 1 fully saturated rings. The molecule has 1 aliphatic heterocycles. The first kappa shape index (κ1) is 10.6. The van der Waals surface area contributed by atoms with Gasteiger partial charge in [0.25, 0.3) is 0 Å². The second-order valence-corrected chi connectivity index (χ2v) is 4.93. The topological polar surface area (TPSA) is 33.2 Å². The summed E-state index contributed by atoms with van der Waals surface area (Å²) in [6.07, 6.45) is 2.74. The normalized spacial score (nSPS) is 21.1. The smallest absolute Gasteiger partial charge is 0.236 e. The van der Waals surface area contributed by atoms with Gasteiger partial charge in [0.05, 0.1) is 4.83 Å². The number of halogens is 1. The maximum absolute atomic E-state index is 11.6. The molecule has 1 unspecified atom stereocenters. The first-order valence-corrected chi connectivity index (χ1v) is 5.93. The lowest BCUT2D eigenvalue weighted by Crippen LogP contribution is -2.26. The number of carbonyl (C=O) groups is 1. The predicted octanol–water partition coefficient (Wildman–Crippen LogP) is 1.89. The Hall–Kier alpha value is -0.900. The fraction of sp³-hybridized carbons (Fsp3) is 0.455. The summed E-state index contributed by atoms with van der Waals surface area (Å²) in [6.45, 7) is 3.47. The molecule has 0 radical (unpaired) electrons. The standard InChI is InChI=1S/C11H13BrN2O/c1-8-2-3-9(6-13-8)7-14-5-4-10(12)11(14)15/h2-3,6,10H,4-5,7H2,1H3. The van der Waals surface area contributed by atoms with Gasteiger partial charge in [0.2, 0.25) is 5.91 Å². The molecule has 1 aromatic heterocycles. The van der Waals surface area contributed by atoms with Crippen LogP contribution >= 0.6 is 15.9 Å². The van der Waals surface area contributed by atoms with Crippen LogP contribution in [0.1, 0.15) is 17.7 Å². The van der Waals surface area contributed by atoms with E-state index in [2.05, 4.69) is 20.9 Å². The van der Waals surface area contributed by atoms with Gasteiger partial charge >= 0.3 is 0 Å². The SMILES string of the molecule is Cc1ccc(CN2CCC(Br)C2=O)cn1. The Kier molecular flexibility index (Phi) is 3.05. The minimum Gasteiger partial charge on any atom is -0.337 e. The zero-order chi connectivity index (χ0) is 10.8. The number of aryl methyl sites for hydroxylation is 1. The molecule has 1 amide bonds. The number of hydrogen-bond donors (Lipinski definition) is 0. The Balaban J connectivity index is 2.03. The van der Waals surface area contributed by atoms with Gasteiger partial charge in [-0.1, -0.05) is 22.0 Å². The molecule has 0 N–H and O–H groups in total. The molecule has 0 spiro atoms. The molecule has 1 saturated heterocycles. The molecule has 2 rings (SSSR count). The van der Waals surface area contributed by atoms with Gasteiger partial charge in [-0.3, -0.25) is 9.78 Å². The van der Waals surface area contributed by atoms with Gasteiger partial charge in [-0.05, 0) is 25.0 Å². The molecule has 1 aliphatic rings. The number of likely N-dealkylation sites (tertiary alicyclic amines) is 1. The lowest BCUT2D eigenvalue weighted by atomic mass is 10.2. The number of amides is 1. The van der Waals surface area contributed by atoms with E-state index in [1.54, 1.807) is 0 Å². The van der Waals surface area contributed by atoms with Crippen molar-refractivity contribution in [1.82, 2.24) is 9.88 Å². The number of carbonyl (C=O) groups excluding carboxylic acids is 1. The third-order valence-electron chi connectivity index (χ3n) is 2.58. The highest BCUT2D eigenvalue weighted by Crippen LogP contribution is 2.20. The van der Waals surface area contributed by atoms with Crippen molar-refractivity contribution in [3.8, 4) is 0 Å². The van der Waals surface area contributed by atoms with Crippen LogP contribution in [-0.2, 0) is 11.3 Å². The van der Waals surface area contributed by atoms with Crippen molar-refractivity contribution in [3.63, 3.8) is 0 Å². The van der Waals surface area contributed by atoms with E-state index in [9.17, 15) is 4.79 Å². The molecule has 80 valence electrons. The molecule has 3 nitrogen and oxygen atoms in total. The summed E-state index contributed by atoms with van der Waals surface area (Å²) in [5.41, 5.74) is 2.10. The molecule has 1 aromatic rings. The molecule has 0 saturated carbocycles. The van der Waals surface area contributed by atoms with Crippen LogP contribution in [0.25, 0.3) is 0 Å². The van der Waals surface area contributed by atoms with Gasteiger partial charge in [-0.2, -0.15) is 0 Å². The van der Waals surface area contributed by atoms with Crippen LogP contribution in [0.3, 0.4) is 0 Å². The summed E-state index contributed by atoms with van der Waals surface area (Å²) >= 11 is 3.36. The van der Waals surface area contributed by atoms with Crippen molar-refractivity contribution < 1.29 is 4.79 Å². The van der Waals surface area contributed by atoms with Gasteiger partial charge in [-0.25, -0.2) is 0 Å². The summed E-state index contributed by atoms with van der Waals surface area (Å²) in [5.74, 6) is 0.190. The van der Waals surface area contributed by atoms with Crippen LogP contribution in [0.2, 0.25) is 0 Å². The van der Waals surface area contributed by atoms with E-state index in [1.165, 1.54) is 0 Å². The van der Waals surface area contributed by atoms with Gasteiger partial charge < -0.3 is 4.90 Å². The third-order valence-corrected chi connectivity index (χ3v) is 3.43. The number of alkyl halides is 1. The Bertz CT molecular complexity index is 363. The Labute approximate surface area is 97.6 Å². The van der Waals surface area contributed by atoms with Crippen molar-refractivity contribution in [2.45, 2.75) is 24.7 Å². The predicted molar refractivity (Wildman–Crippen MR) is 61.7 cm³/mol. The van der Waals surface area contributed by atoms with Crippen LogP contribution < -0.4 is 0 Å². The van der Waals surface area contributed by atoms with E-state index in [0.29, 0.717) is 6.54 Å². The fourth-order valence-corrected chi connectivity index (χ4v) is 2.16. The lowest BCUT2D eigenvalue weighted by molar-refractivity contribution is -0.127. The summed E-state index contributed by atoms with van der Waals surface area (Å²) in [6, 6.07) is 4.00. The lowest BCUT2D eigenvalue weighted by Gasteiger charge is -2.15. The minimum atomic E-state index is 0.0101. The van der Waals surface area contributed by atoms with E-state index >= 15 is 0 Å². The third kappa shape index (κ3) is 2.37. The van der Waals surface area contributed by atoms with Gasteiger partial charge in [0.1, 0.15) is 0 Å². The number of rotatable bonds is 2. The zero-order valence-corrected chi connectivity index (χ0v) is 10.2. The minimum absolute atomic E-state index is 0.0101. The van der Waals surface area contributed by atoms with Crippen molar-refractivity contribution in [1.29, 1.82) is 0 Å². The maximum atomic E-state index is 11.6. The zero-order valence-electron chi connectivity index (χ0n) is 8.61.